The molecule has 1 aromatic heterocycles. The molecule has 0 saturated carbocycles. The fourth-order valence-electron chi connectivity index (χ4n) is 2.81. The summed E-state index contributed by atoms with van der Waals surface area (Å²) in [6.07, 6.45) is 1.59. The molecule has 3 atom stereocenters. The van der Waals surface area contributed by atoms with Crippen molar-refractivity contribution in [2.75, 3.05) is 0 Å². The van der Waals surface area contributed by atoms with Gasteiger partial charge < -0.3 is 29.8 Å². The molecular weight excluding hydrogens is 373 g/mol. The number of rotatable bonds is 9. The van der Waals surface area contributed by atoms with Gasteiger partial charge in [0.1, 0.15) is 0 Å². The lowest BCUT2D eigenvalue weighted by Gasteiger charge is -2.31. The van der Waals surface area contributed by atoms with E-state index in [9.17, 15) is 24.5 Å². The number of para-hydroxylation sites is 1. The third kappa shape index (κ3) is 6.18. The molecule has 3 N–H and O–H groups in total. The summed E-state index contributed by atoms with van der Waals surface area (Å²) in [6, 6.07) is 4.42. The van der Waals surface area contributed by atoms with Crippen LogP contribution in [0.2, 0.25) is 0 Å². The molecule has 10 heteroatoms. The molecule has 0 aliphatic heterocycles. The number of aliphatic carboxylic acids is 1. The summed E-state index contributed by atoms with van der Waals surface area (Å²) in [7, 11) is -4.94. The quantitative estimate of drug-likeness (QED) is 0.280. The van der Waals surface area contributed by atoms with Crippen molar-refractivity contribution < 1.29 is 29.4 Å². The summed E-state index contributed by atoms with van der Waals surface area (Å²) >= 11 is 0. The molecule has 0 radical (unpaired) electrons. The van der Waals surface area contributed by atoms with Crippen LogP contribution in [0.3, 0.4) is 0 Å². The topological polar surface area (TPSA) is 164 Å². The van der Waals surface area contributed by atoms with Crippen molar-refractivity contribution in [1.82, 2.24) is 10.1 Å². The molecule has 0 spiro atoms. The molecule has 0 aliphatic carbocycles. The van der Waals surface area contributed by atoms with E-state index in [0.717, 1.165) is 10.9 Å². The van der Waals surface area contributed by atoms with Crippen LogP contribution in [0.4, 0.5) is 0 Å². The van der Waals surface area contributed by atoms with Gasteiger partial charge in [0.2, 0.25) is 7.75 Å². The second-order valence-electron chi connectivity index (χ2n) is 6.70. The van der Waals surface area contributed by atoms with E-state index >= 15 is 0 Å². The average Bonchev–Trinajstić information content (AvgIpc) is 2.95. The van der Waals surface area contributed by atoms with Crippen molar-refractivity contribution in [2.24, 2.45) is 10.9 Å². The molecule has 0 fully saturated rings. The Kier molecular flexibility index (Phi) is 6.78. The van der Waals surface area contributed by atoms with Crippen LogP contribution >= 0.6 is 7.75 Å². The van der Waals surface area contributed by atoms with Crippen LogP contribution in [-0.4, -0.2) is 33.8 Å². The number of hydrogen-bond acceptors (Lipinski definition) is 6. The lowest BCUT2D eigenvalue weighted by Crippen LogP contribution is -2.46. The zero-order valence-electron chi connectivity index (χ0n) is 14.9. The Morgan fingerprint density at radius 1 is 1.33 bits per heavy atom. The minimum atomic E-state index is -4.94. The number of carbonyl (C=O) groups excluding carboxylic acids is 1. The van der Waals surface area contributed by atoms with E-state index < -0.39 is 31.7 Å². The Morgan fingerprint density at radius 2 is 2.00 bits per heavy atom. The van der Waals surface area contributed by atoms with Crippen molar-refractivity contribution in [3.05, 3.63) is 36.0 Å². The third-order valence-corrected chi connectivity index (χ3v) is 4.61. The number of nitrogens with one attached hydrogen (secondary N) is 2. The van der Waals surface area contributed by atoms with E-state index in [-0.39, 0.29) is 18.8 Å². The first-order valence-electron chi connectivity index (χ1n) is 8.39. The SMILES string of the molecule is CC(C)C[C@H](NP(=O)([O-])O)C([O-])=N[C@@H](Cc1c[nH]c2ccccc12)C(=O)[O-]. The molecule has 2 rings (SSSR count). The second-order valence-corrected chi connectivity index (χ2v) is 8.00. The van der Waals surface area contributed by atoms with Gasteiger partial charge in [-0.1, -0.05) is 32.0 Å². The van der Waals surface area contributed by atoms with Crippen LogP contribution in [0, 0.1) is 5.92 Å². The fraction of sp³-hybridized carbons (Fsp3) is 0.412. The number of carboxylic acids is 1. The monoisotopic (exact) mass is 394 g/mol. The Balaban J connectivity index is 2.28. The first-order chi connectivity index (χ1) is 12.6. The Bertz CT molecular complexity index is 872. The van der Waals surface area contributed by atoms with Gasteiger partial charge in [0.15, 0.2) is 0 Å². The molecule has 0 bridgehead atoms. The summed E-state index contributed by atoms with van der Waals surface area (Å²) in [5.74, 6) is -2.61. The molecule has 0 amide bonds. The van der Waals surface area contributed by atoms with Gasteiger partial charge >= 0.3 is 0 Å². The Morgan fingerprint density at radius 3 is 2.59 bits per heavy atom. The minimum absolute atomic E-state index is 0.0575. The Hall–Kier alpha value is -2.19. The third-order valence-electron chi connectivity index (χ3n) is 3.97. The van der Waals surface area contributed by atoms with Crippen molar-refractivity contribution in [2.45, 2.75) is 38.8 Å². The molecule has 1 heterocycles. The second kappa shape index (κ2) is 8.67. The fourth-order valence-corrected chi connectivity index (χ4v) is 3.42. The van der Waals surface area contributed by atoms with E-state index in [1.54, 1.807) is 32.2 Å². The molecular formula is C17H21N3O6P-3. The molecule has 148 valence electrons. The predicted molar refractivity (Wildman–Crippen MR) is 94.4 cm³/mol. The average molecular weight is 394 g/mol. The molecule has 2 aromatic rings. The molecule has 1 aromatic carbocycles. The smallest absolute Gasteiger partial charge is 0.202 e. The molecule has 1 unspecified atom stereocenters. The molecule has 0 aliphatic rings. The van der Waals surface area contributed by atoms with Crippen LogP contribution < -0.4 is 20.2 Å². The highest BCUT2D eigenvalue weighted by Gasteiger charge is 2.18. The summed E-state index contributed by atoms with van der Waals surface area (Å²) in [4.78, 5) is 38.2. The van der Waals surface area contributed by atoms with E-state index in [1.165, 1.54) is 0 Å². The lowest BCUT2D eigenvalue weighted by atomic mass is 10.0. The van der Waals surface area contributed by atoms with Gasteiger partial charge in [-0.25, -0.2) is 5.09 Å². The van der Waals surface area contributed by atoms with Gasteiger partial charge in [0.05, 0.1) is 12.0 Å². The predicted octanol–water partition coefficient (Wildman–Crippen LogP) is -0.947. The lowest BCUT2D eigenvalue weighted by molar-refractivity contribution is -0.307. The first kappa shape index (κ1) is 21.1. The summed E-state index contributed by atoms with van der Waals surface area (Å²) in [5.41, 5.74) is 1.45. The van der Waals surface area contributed by atoms with Crippen LogP contribution in [0.25, 0.3) is 10.9 Å². The number of aromatic nitrogens is 1. The van der Waals surface area contributed by atoms with Gasteiger partial charge in [-0.05, 0) is 29.9 Å². The summed E-state index contributed by atoms with van der Waals surface area (Å²) in [6.45, 7) is 3.49. The number of benzene rings is 1. The van der Waals surface area contributed by atoms with Crippen LogP contribution in [-0.2, 0) is 15.8 Å². The van der Waals surface area contributed by atoms with Gasteiger partial charge in [-0.3, -0.25) is 9.56 Å². The number of carbonyl (C=O) groups is 1. The zero-order chi connectivity index (χ0) is 20.2. The Labute approximate surface area is 156 Å². The minimum Gasteiger partial charge on any atom is -0.861 e. The van der Waals surface area contributed by atoms with E-state index in [0.29, 0.717) is 5.56 Å². The first-order valence-corrected chi connectivity index (χ1v) is 9.96. The van der Waals surface area contributed by atoms with Crippen LogP contribution in [0.1, 0.15) is 25.8 Å². The molecule has 0 saturated heterocycles. The van der Waals surface area contributed by atoms with Gasteiger partial charge in [-0.2, -0.15) is 0 Å². The number of fused-ring (bicyclic) bond motifs is 1. The van der Waals surface area contributed by atoms with E-state index in [2.05, 4.69) is 9.98 Å². The summed E-state index contributed by atoms with van der Waals surface area (Å²) in [5, 5.41) is 26.4. The maximum Gasteiger partial charge on any atom is 0.202 e. The van der Waals surface area contributed by atoms with Crippen molar-refractivity contribution in [3.63, 3.8) is 0 Å². The van der Waals surface area contributed by atoms with Gasteiger partial charge in [-0.15, -0.1) is 0 Å². The molecule has 27 heavy (non-hydrogen) atoms. The van der Waals surface area contributed by atoms with Crippen LogP contribution in [0.15, 0.2) is 35.5 Å². The number of nitrogens with zero attached hydrogens (tertiary/aromatic N) is 1. The standard InChI is InChI=1S/C17H24N3O6P/c1-10(2)7-14(20-27(24,25)26)16(21)19-15(17(22)23)8-11-9-18-13-6-4-3-5-12(11)13/h3-6,9-10,14-15,18H,7-8H2,1-2H3,(H,19,21)(H,22,23)(H3,20,24,25,26)/p-3/t14-,15-/m0/s1. The number of hydrogen-bond donors (Lipinski definition) is 3. The van der Waals surface area contributed by atoms with E-state index in [4.69, 9.17) is 4.89 Å². The number of carboxylic acid groups (broad SMARTS) is 1. The number of aromatic amines is 1. The largest absolute Gasteiger partial charge is 0.861 e. The van der Waals surface area contributed by atoms with Crippen molar-refractivity contribution in [1.29, 1.82) is 0 Å². The van der Waals surface area contributed by atoms with Crippen molar-refractivity contribution >= 4 is 30.5 Å². The van der Waals surface area contributed by atoms with Gasteiger partial charge in [0, 0.05) is 29.6 Å². The maximum atomic E-state index is 12.4. The summed E-state index contributed by atoms with van der Waals surface area (Å²) < 4.78 is 11.1. The highest BCUT2D eigenvalue weighted by molar-refractivity contribution is 7.48. The van der Waals surface area contributed by atoms with E-state index in [1.807, 2.05) is 17.2 Å². The zero-order valence-corrected chi connectivity index (χ0v) is 15.8. The van der Waals surface area contributed by atoms with Crippen LogP contribution in [0.5, 0.6) is 0 Å². The highest BCUT2D eigenvalue weighted by atomic mass is 31.2. The number of H-pyrrole nitrogens is 1. The maximum absolute atomic E-state index is 12.4. The molecule has 9 nitrogen and oxygen atoms in total. The number of aliphatic imine (C=N–C) groups is 1. The van der Waals surface area contributed by atoms with Gasteiger partial charge in [0.25, 0.3) is 0 Å². The normalized spacial score (nSPS) is 17.0. The van der Waals surface area contributed by atoms with Crippen molar-refractivity contribution in [3.8, 4) is 0 Å². The highest BCUT2D eigenvalue weighted by Crippen LogP contribution is 2.25.